The van der Waals surface area contributed by atoms with Crippen LogP contribution in [0.15, 0.2) is 0 Å². The molecule has 2 rings (SSSR count). The lowest BCUT2D eigenvalue weighted by Gasteiger charge is -2.19. The second kappa shape index (κ2) is 4.97. The third-order valence-electron chi connectivity index (χ3n) is 3.67. The largest absolute Gasteiger partial charge is 0.341 e. The molecular formula is C12H22N2O. The summed E-state index contributed by atoms with van der Waals surface area (Å²) in [6.45, 7) is 3.83. The van der Waals surface area contributed by atoms with Crippen LogP contribution < -0.4 is 5.32 Å². The Morgan fingerprint density at radius 2 is 2.00 bits per heavy atom. The molecule has 1 amide bonds. The van der Waals surface area contributed by atoms with Gasteiger partial charge < -0.3 is 10.2 Å². The molecule has 1 N–H and O–H groups in total. The van der Waals surface area contributed by atoms with Crippen LogP contribution in [0.25, 0.3) is 0 Å². The fourth-order valence-electron chi connectivity index (χ4n) is 2.77. The van der Waals surface area contributed by atoms with Gasteiger partial charge in [-0.2, -0.15) is 0 Å². The number of rotatable bonds is 3. The Kier molecular flexibility index (Phi) is 3.62. The van der Waals surface area contributed by atoms with Crippen molar-refractivity contribution in [2.75, 3.05) is 13.1 Å². The van der Waals surface area contributed by atoms with Crippen LogP contribution in [-0.2, 0) is 4.79 Å². The van der Waals surface area contributed by atoms with Crippen molar-refractivity contribution < 1.29 is 4.79 Å². The molecule has 0 radical (unpaired) electrons. The first-order valence-corrected chi connectivity index (χ1v) is 6.33. The van der Waals surface area contributed by atoms with E-state index < -0.39 is 0 Å². The van der Waals surface area contributed by atoms with Gasteiger partial charge in [0.05, 0.1) is 0 Å². The second-order valence-corrected chi connectivity index (χ2v) is 4.83. The van der Waals surface area contributed by atoms with Crippen molar-refractivity contribution in [1.29, 1.82) is 0 Å². The number of nitrogens with zero attached hydrogens (tertiary/aromatic N) is 1. The van der Waals surface area contributed by atoms with Gasteiger partial charge in [0, 0.05) is 31.6 Å². The average Bonchev–Trinajstić information content (AvgIpc) is 2.88. The zero-order valence-electron chi connectivity index (χ0n) is 9.67. The molecule has 1 atom stereocenters. The minimum atomic E-state index is 0.311. The van der Waals surface area contributed by atoms with Crippen molar-refractivity contribution in [1.82, 2.24) is 10.2 Å². The summed E-state index contributed by atoms with van der Waals surface area (Å²) >= 11 is 0. The SMILES string of the molecule is CCC(=O)N1CCC(NC2CCCC2)C1. The highest BCUT2D eigenvalue weighted by molar-refractivity contribution is 5.76. The molecule has 0 aromatic rings. The Balaban J connectivity index is 1.74. The lowest BCUT2D eigenvalue weighted by Crippen LogP contribution is -2.39. The number of likely N-dealkylation sites (tertiary alicyclic amines) is 1. The third-order valence-corrected chi connectivity index (χ3v) is 3.67. The van der Waals surface area contributed by atoms with Crippen LogP contribution in [0.2, 0.25) is 0 Å². The van der Waals surface area contributed by atoms with Crippen molar-refractivity contribution >= 4 is 5.91 Å². The molecule has 1 saturated heterocycles. The number of nitrogens with one attached hydrogen (secondary N) is 1. The Labute approximate surface area is 92.2 Å². The Morgan fingerprint density at radius 1 is 1.27 bits per heavy atom. The van der Waals surface area contributed by atoms with Gasteiger partial charge in [0.2, 0.25) is 5.91 Å². The molecule has 15 heavy (non-hydrogen) atoms. The van der Waals surface area contributed by atoms with Gasteiger partial charge in [0.25, 0.3) is 0 Å². The lowest BCUT2D eigenvalue weighted by atomic mass is 10.2. The van der Waals surface area contributed by atoms with Gasteiger partial charge >= 0.3 is 0 Å². The molecule has 86 valence electrons. The van der Waals surface area contributed by atoms with Crippen LogP contribution in [0, 0.1) is 0 Å². The minimum Gasteiger partial charge on any atom is -0.341 e. The standard InChI is InChI=1S/C12H22N2O/c1-2-12(15)14-8-7-11(9-14)13-10-5-3-4-6-10/h10-11,13H,2-9H2,1H3. The van der Waals surface area contributed by atoms with Crippen LogP contribution in [0.1, 0.15) is 45.4 Å². The van der Waals surface area contributed by atoms with Gasteiger partial charge in [-0.3, -0.25) is 4.79 Å². The van der Waals surface area contributed by atoms with Crippen LogP contribution in [-0.4, -0.2) is 36.0 Å². The topological polar surface area (TPSA) is 32.3 Å². The van der Waals surface area contributed by atoms with Crippen molar-refractivity contribution in [3.05, 3.63) is 0 Å². The summed E-state index contributed by atoms with van der Waals surface area (Å²) in [7, 11) is 0. The molecule has 3 nitrogen and oxygen atoms in total. The number of amides is 1. The van der Waals surface area contributed by atoms with E-state index in [9.17, 15) is 4.79 Å². The predicted molar refractivity (Wildman–Crippen MR) is 60.7 cm³/mol. The minimum absolute atomic E-state index is 0.311. The molecule has 0 spiro atoms. The van der Waals surface area contributed by atoms with E-state index in [2.05, 4.69) is 5.32 Å². The number of hydrogen-bond acceptors (Lipinski definition) is 2. The van der Waals surface area contributed by atoms with Gasteiger partial charge in [-0.05, 0) is 19.3 Å². The van der Waals surface area contributed by atoms with Crippen molar-refractivity contribution in [2.24, 2.45) is 0 Å². The summed E-state index contributed by atoms with van der Waals surface area (Å²) in [5.41, 5.74) is 0. The molecule has 1 saturated carbocycles. The zero-order valence-corrected chi connectivity index (χ0v) is 9.67. The molecule has 0 aromatic heterocycles. The highest BCUT2D eigenvalue weighted by atomic mass is 16.2. The smallest absolute Gasteiger partial charge is 0.222 e. The summed E-state index contributed by atoms with van der Waals surface area (Å²) in [5, 5.41) is 3.69. The molecule has 2 fully saturated rings. The van der Waals surface area contributed by atoms with Gasteiger partial charge in [0.15, 0.2) is 0 Å². The highest BCUT2D eigenvalue weighted by Crippen LogP contribution is 2.20. The molecule has 2 aliphatic rings. The molecule has 1 aliphatic heterocycles. The molecular weight excluding hydrogens is 188 g/mol. The Morgan fingerprint density at radius 3 is 2.67 bits per heavy atom. The monoisotopic (exact) mass is 210 g/mol. The summed E-state index contributed by atoms with van der Waals surface area (Å²) < 4.78 is 0. The third kappa shape index (κ3) is 2.71. The Hall–Kier alpha value is -0.570. The summed E-state index contributed by atoms with van der Waals surface area (Å²) in [5.74, 6) is 0.311. The van der Waals surface area contributed by atoms with Gasteiger partial charge in [-0.1, -0.05) is 19.8 Å². The van der Waals surface area contributed by atoms with E-state index in [-0.39, 0.29) is 0 Å². The lowest BCUT2D eigenvalue weighted by molar-refractivity contribution is -0.129. The second-order valence-electron chi connectivity index (χ2n) is 4.83. The number of carbonyl (C=O) groups is 1. The number of carbonyl (C=O) groups excluding carboxylic acids is 1. The molecule has 1 unspecified atom stereocenters. The van der Waals surface area contributed by atoms with Gasteiger partial charge in [-0.15, -0.1) is 0 Å². The maximum absolute atomic E-state index is 11.5. The fraction of sp³-hybridized carbons (Fsp3) is 0.917. The van der Waals surface area contributed by atoms with Crippen molar-refractivity contribution in [3.63, 3.8) is 0 Å². The van der Waals surface area contributed by atoms with Crippen LogP contribution in [0.3, 0.4) is 0 Å². The van der Waals surface area contributed by atoms with E-state index in [0.29, 0.717) is 18.4 Å². The van der Waals surface area contributed by atoms with Crippen molar-refractivity contribution in [3.8, 4) is 0 Å². The van der Waals surface area contributed by atoms with Gasteiger partial charge in [-0.25, -0.2) is 0 Å². The van der Waals surface area contributed by atoms with Crippen molar-refractivity contribution in [2.45, 2.75) is 57.5 Å². The first-order valence-electron chi connectivity index (χ1n) is 6.33. The summed E-state index contributed by atoms with van der Waals surface area (Å²) in [6, 6.07) is 1.29. The van der Waals surface area contributed by atoms with E-state index in [1.807, 2.05) is 11.8 Å². The first kappa shape index (κ1) is 10.9. The highest BCUT2D eigenvalue weighted by Gasteiger charge is 2.27. The zero-order chi connectivity index (χ0) is 10.7. The maximum atomic E-state index is 11.5. The van der Waals surface area contributed by atoms with Crippen LogP contribution in [0.5, 0.6) is 0 Å². The van der Waals surface area contributed by atoms with E-state index in [1.165, 1.54) is 25.7 Å². The number of hydrogen-bond donors (Lipinski definition) is 1. The van der Waals surface area contributed by atoms with Crippen LogP contribution in [0.4, 0.5) is 0 Å². The molecule has 1 aliphatic carbocycles. The average molecular weight is 210 g/mol. The van der Waals surface area contributed by atoms with Crippen LogP contribution >= 0.6 is 0 Å². The molecule has 0 bridgehead atoms. The maximum Gasteiger partial charge on any atom is 0.222 e. The summed E-state index contributed by atoms with van der Waals surface area (Å²) in [6.07, 6.45) is 7.21. The summed E-state index contributed by atoms with van der Waals surface area (Å²) in [4.78, 5) is 13.5. The molecule has 0 aromatic carbocycles. The molecule has 3 heteroatoms. The quantitative estimate of drug-likeness (QED) is 0.766. The first-order chi connectivity index (χ1) is 7.29. The predicted octanol–water partition coefficient (Wildman–Crippen LogP) is 1.53. The van der Waals surface area contributed by atoms with Gasteiger partial charge in [0.1, 0.15) is 0 Å². The fourth-order valence-corrected chi connectivity index (χ4v) is 2.77. The van der Waals surface area contributed by atoms with E-state index in [4.69, 9.17) is 0 Å². The Bertz CT molecular complexity index is 224. The van der Waals surface area contributed by atoms with E-state index in [1.54, 1.807) is 0 Å². The normalized spacial score (nSPS) is 27.5. The van der Waals surface area contributed by atoms with E-state index >= 15 is 0 Å². The molecule has 1 heterocycles. The van der Waals surface area contributed by atoms with E-state index in [0.717, 1.165) is 25.6 Å².